The lowest BCUT2D eigenvalue weighted by Gasteiger charge is -2.24. The quantitative estimate of drug-likeness (QED) is 0.718. The lowest BCUT2D eigenvalue weighted by atomic mass is 10.1. The number of amides is 2. The van der Waals surface area contributed by atoms with E-state index in [0.29, 0.717) is 17.3 Å². The Kier molecular flexibility index (Phi) is 5.21. The topological polar surface area (TPSA) is 69.1 Å². The van der Waals surface area contributed by atoms with E-state index in [9.17, 15) is 9.59 Å². The van der Waals surface area contributed by atoms with Crippen LogP contribution in [0.15, 0.2) is 59.2 Å². The van der Waals surface area contributed by atoms with E-state index >= 15 is 0 Å². The molecule has 2 unspecified atom stereocenters. The molecule has 164 valence electrons. The predicted molar refractivity (Wildman–Crippen MR) is 125 cm³/mol. The molecule has 4 heterocycles. The Bertz CT molecular complexity index is 1130. The number of carbonyl (C=O) groups is 2. The minimum Gasteiger partial charge on any atom is -0.354 e. The number of rotatable bonds is 4. The molecule has 3 aliphatic rings. The molecule has 1 aromatic heterocycles. The first-order valence-electron chi connectivity index (χ1n) is 10.7. The molecule has 0 saturated carbocycles. The molecule has 5 rings (SSSR count). The summed E-state index contributed by atoms with van der Waals surface area (Å²) in [5.74, 6) is 0.847. The summed E-state index contributed by atoms with van der Waals surface area (Å²) in [5, 5.41) is 0.681. The van der Waals surface area contributed by atoms with Crippen LogP contribution in [0.5, 0.6) is 0 Å². The van der Waals surface area contributed by atoms with Gasteiger partial charge in [-0.3, -0.25) is 14.6 Å². The van der Waals surface area contributed by atoms with Crippen LogP contribution in [0, 0.1) is 0 Å². The van der Waals surface area contributed by atoms with Crippen molar-refractivity contribution in [3.8, 4) is 0 Å². The summed E-state index contributed by atoms with van der Waals surface area (Å²) in [4.78, 5) is 39.6. The second-order valence-electron chi connectivity index (χ2n) is 8.45. The largest absolute Gasteiger partial charge is 0.354 e. The second-order valence-corrected chi connectivity index (χ2v) is 8.89. The number of nitrogens with zero attached hydrogens (tertiary/aromatic N) is 5. The van der Waals surface area contributed by atoms with Crippen molar-refractivity contribution < 1.29 is 9.59 Å². The normalized spacial score (nSPS) is 22.2. The van der Waals surface area contributed by atoms with Gasteiger partial charge in [0.05, 0.1) is 30.5 Å². The fourth-order valence-corrected chi connectivity index (χ4v) is 4.63. The molecule has 2 atom stereocenters. The van der Waals surface area contributed by atoms with Gasteiger partial charge in [0.25, 0.3) is 5.91 Å². The fourth-order valence-electron chi connectivity index (χ4n) is 4.51. The van der Waals surface area contributed by atoms with E-state index in [0.717, 1.165) is 42.2 Å². The third-order valence-electron chi connectivity index (χ3n) is 6.49. The molecule has 7 nitrogen and oxygen atoms in total. The van der Waals surface area contributed by atoms with Gasteiger partial charge in [-0.25, -0.2) is 4.98 Å². The van der Waals surface area contributed by atoms with E-state index < -0.39 is 0 Å². The molecule has 2 amide bonds. The Balaban J connectivity index is 1.27. The van der Waals surface area contributed by atoms with Crippen molar-refractivity contribution in [2.75, 3.05) is 36.5 Å². The van der Waals surface area contributed by atoms with E-state index in [1.165, 1.54) is 0 Å². The van der Waals surface area contributed by atoms with Crippen molar-refractivity contribution in [3.63, 3.8) is 0 Å². The summed E-state index contributed by atoms with van der Waals surface area (Å²) in [7, 11) is 1.85. The summed E-state index contributed by atoms with van der Waals surface area (Å²) in [6, 6.07) is 11.5. The highest BCUT2D eigenvalue weighted by Crippen LogP contribution is 2.34. The van der Waals surface area contributed by atoms with E-state index in [4.69, 9.17) is 11.6 Å². The first-order chi connectivity index (χ1) is 15.4. The van der Waals surface area contributed by atoms with Gasteiger partial charge in [0.2, 0.25) is 5.91 Å². The zero-order chi connectivity index (χ0) is 22.4. The first-order valence-corrected chi connectivity index (χ1v) is 11.1. The lowest BCUT2D eigenvalue weighted by molar-refractivity contribution is -0.129. The lowest BCUT2D eigenvalue weighted by Crippen LogP contribution is -2.37. The highest BCUT2D eigenvalue weighted by molar-refractivity contribution is 6.53. The van der Waals surface area contributed by atoms with Gasteiger partial charge in [-0.2, -0.15) is 0 Å². The molecule has 2 aromatic rings. The molecular weight excluding hydrogens is 426 g/mol. The van der Waals surface area contributed by atoms with Crippen LogP contribution in [0.4, 0.5) is 11.5 Å². The van der Waals surface area contributed by atoms with Crippen LogP contribution in [-0.2, 0) is 9.59 Å². The van der Waals surface area contributed by atoms with Gasteiger partial charge in [0.15, 0.2) is 0 Å². The third kappa shape index (κ3) is 3.66. The smallest absolute Gasteiger partial charge is 0.277 e. The third-order valence-corrected chi connectivity index (χ3v) is 6.75. The van der Waals surface area contributed by atoms with Crippen molar-refractivity contribution in [2.45, 2.75) is 25.4 Å². The highest BCUT2D eigenvalue weighted by atomic mass is 35.5. The number of fused-ring (bicyclic) bond motifs is 1. The molecule has 0 N–H and O–H groups in total. The second kappa shape index (κ2) is 8.06. The van der Waals surface area contributed by atoms with Crippen LogP contribution < -0.4 is 9.80 Å². The predicted octanol–water partition coefficient (Wildman–Crippen LogP) is 3.26. The number of aromatic nitrogens is 1. The number of pyridine rings is 1. The maximum atomic E-state index is 13.0. The summed E-state index contributed by atoms with van der Waals surface area (Å²) in [6.07, 6.45) is 4.72. The van der Waals surface area contributed by atoms with Gasteiger partial charge in [-0.05, 0) is 42.3 Å². The molecule has 2 saturated heterocycles. The van der Waals surface area contributed by atoms with Crippen LogP contribution in [-0.4, -0.2) is 60.1 Å². The number of anilines is 2. The SMILES string of the molecule is CC(=O)N(C)C1CCN(c2ccc(N3CC4=CC(c5ccc(Cl)cc5)N=C4C3=O)cn2)C1. The van der Waals surface area contributed by atoms with Crippen molar-refractivity contribution in [1.29, 1.82) is 0 Å². The van der Waals surface area contributed by atoms with Crippen molar-refractivity contribution in [2.24, 2.45) is 4.99 Å². The number of likely N-dealkylation sites (N-methyl/N-ethyl adjacent to an activating group) is 1. The summed E-state index contributed by atoms with van der Waals surface area (Å²) in [6.45, 7) is 3.71. The molecule has 2 fully saturated rings. The summed E-state index contributed by atoms with van der Waals surface area (Å²) in [5.41, 5.74) is 3.27. The summed E-state index contributed by atoms with van der Waals surface area (Å²) < 4.78 is 0. The zero-order valence-corrected chi connectivity index (χ0v) is 18.8. The van der Waals surface area contributed by atoms with Crippen molar-refractivity contribution in [1.82, 2.24) is 9.88 Å². The van der Waals surface area contributed by atoms with Crippen LogP contribution in [0.3, 0.4) is 0 Å². The molecule has 0 spiro atoms. The van der Waals surface area contributed by atoms with Gasteiger partial charge in [-0.15, -0.1) is 0 Å². The number of benzene rings is 1. The fraction of sp³-hybridized carbons (Fsp3) is 0.333. The van der Waals surface area contributed by atoms with E-state index in [1.807, 2.05) is 49.5 Å². The first kappa shape index (κ1) is 20.7. The molecule has 3 aliphatic heterocycles. The van der Waals surface area contributed by atoms with Gasteiger partial charge < -0.3 is 14.7 Å². The van der Waals surface area contributed by atoms with Crippen LogP contribution in [0.25, 0.3) is 0 Å². The number of carbonyl (C=O) groups excluding carboxylic acids is 2. The van der Waals surface area contributed by atoms with Crippen LogP contribution >= 0.6 is 11.6 Å². The van der Waals surface area contributed by atoms with E-state index in [-0.39, 0.29) is 23.9 Å². The minimum absolute atomic E-state index is 0.0776. The van der Waals surface area contributed by atoms with Gasteiger partial charge >= 0.3 is 0 Å². The Labute approximate surface area is 192 Å². The Hall–Kier alpha value is -3.19. The van der Waals surface area contributed by atoms with Crippen LogP contribution in [0.2, 0.25) is 5.02 Å². The number of hydrogen-bond donors (Lipinski definition) is 0. The van der Waals surface area contributed by atoms with Crippen molar-refractivity contribution >= 4 is 40.6 Å². The zero-order valence-electron chi connectivity index (χ0n) is 18.0. The van der Waals surface area contributed by atoms with Gasteiger partial charge in [0.1, 0.15) is 11.5 Å². The molecule has 1 aromatic carbocycles. The van der Waals surface area contributed by atoms with E-state index in [2.05, 4.69) is 14.9 Å². The number of aliphatic imine (C=N–C) groups is 1. The average Bonchev–Trinajstić information content (AvgIpc) is 3.50. The standard InChI is InChI=1S/C24H24ClN5O2/c1-15(31)28(2)20-9-10-29(14-20)22-8-7-19(12-26-22)30-13-17-11-21(27-23(17)24(30)32)16-3-5-18(25)6-4-16/h3-8,11-12,20-21H,9-10,13-14H2,1-2H3. The highest BCUT2D eigenvalue weighted by Gasteiger charge is 2.37. The van der Waals surface area contributed by atoms with Crippen LogP contribution in [0.1, 0.15) is 24.9 Å². The monoisotopic (exact) mass is 449 g/mol. The Morgan fingerprint density at radius 3 is 2.62 bits per heavy atom. The molecule has 0 radical (unpaired) electrons. The number of hydrogen-bond acceptors (Lipinski definition) is 5. The Morgan fingerprint density at radius 2 is 1.97 bits per heavy atom. The molecule has 32 heavy (non-hydrogen) atoms. The Morgan fingerprint density at radius 1 is 1.19 bits per heavy atom. The maximum Gasteiger partial charge on any atom is 0.277 e. The molecule has 0 bridgehead atoms. The maximum absolute atomic E-state index is 13.0. The van der Waals surface area contributed by atoms with Gasteiger partial charge in [-0.1, -0.05) is 23.7 Å². The average molecular weight is 450 g/mol. The minimum atomic E-state index is -0.139. The van der Waals surface area contributed by atoms with Crippen molar-refractivity contribution in [3.05, 3.63) is 64.8 Å². The van der Waals surface area contributed by atoms with E-state index in [1.54, 1.807) is 22.9 Å². The molecule has 0 aliphatic carbocycles. The molecule has 8 heteroatoms. The molecular formula is C24H24ClN5O2. The number of halogens is 1. The van der Waals surface area contributed by atoms with Gasteiger partial charge in [0, 0.05) is 37.7 Å². The summed E-state index contributed by atoms with van der Waals surface area (Å²) >= 11 is 5.97.